The van der Waals surface area contributed by atoms with E-state index >= 15 is 0 Å². The Bertz CT molecular complexity index is 629. The third-order valence-corrected chi connectivity index (χ3v) is 5.38. The Labute approximate surface area is 135 Å². The molecule has 122 valence electrons. The molecule has 1 aromatic heterocycles. The number of ether oxygens (including phenoxy) is 3. The minimum Gasteiger partial charge on any atom is -0.455 e. The molecule has 2 heterocycles. The van der Waals surface area contributed by atoms with E-state index in [-0.39, 0.29) is 24.1 Å². The van der Waals surface area contributed by atoms with Gasteiger partial charge in [0.1, 0.15) is 11.7 Å². The van der Waals surface area contributed by atoms with Gasteiger partial charge in [0.25, 0.3) is 0 Å². The first-order chi connectivity index (χ1) is 11.2. The van der Waals surface area contributed by atoms with Crippen molar-refractivity contribution in [1.29, 1.82) is 0 Å². The van der Waals surface area contributed by atoms with E-state index in [0.29, 0.717) is 12.2 Å². The quantitative estimate of drug-likeness (QED) is 0.779. The molecule has 0 bridgehead atoms. The topological polar surface area (TPSA) is 57.7 Å². The zero-order chi connectivity index (χ0) is 15.9. The van der Waals surface area contributed by atoms with Gasteiger partial charge in [-0.2, -0.15) is 0 Å². The van der Waals surface area contributed by atoms with E-state index < -0.39 is 5.60 Å². The monoisotopic (exact) mass is 315 g/mol. The largest absolute Gasteiger partial charge is 0.455 e. The Morgan fingerprint density at radius 2 is 2.35 bits per heavy atom. The fraction of sp³-hybridized carbons (Fsp3) is 0.556. The minimum atomic E-state index is -0.561. The summed E-state index contributed by atoms with van der Waals surface area (Å²) in [5, 5.41) is 0. The van der Waals surface area contributed by atoms with E-state index in [9.17, 15) is 4.79 Å². The normalized spacial score (nSPS) is 34.9. The lowest BCUT2D eigenvalue weighted by molar-refractivity contribution is -0.142. The molecule has 1 aliphatic heterocycles. The summed E-state index contributed by atoms with van der Waals surface area (Å²) in [7, 11) is 1.69. The number of esters is 1. The molecular formula is C18H21NO4. The van der Waals surface area contributed by atoms with Crippen LogP contribution in [0.25, 0.3) is 0 Å². The van der Waals surface area contributed by atoms with E-state index in [1.54, 1.807) is 13.3 Å². The third kappa shape index (κ3) is 2.30. The fourth-order valence-electron chi connectivity index (χ4n) is 4.30. The van der Waals surface area contributed by atoms with E-state index in [4.69, 9.17) is 14.2 Å². The highest BCUT2D eigenvalue weighted by Gasteiger charge is 2.64. The van der Waals surface area contributed by atoms with Crippen LogP contribution in [0.15, 0.2) is 36.2 Å². The molecule has 1 saturated carbocycles. The van der Waals surface area contributed by atoms with E-state index in [1.807, 2.05) is 24.4 Å². The molecule has 0 radical (unpaired) electrons. The van der Waals surface area contributed by atoms with Crippen molar-refractivity contribution in [1.82, 2.24) is 4.98 Å². The van der Waals surface area contributed by atoms with Crippen LogP contribution in [0, 0.1) is 5.92 Å². The summed E-state index contributed by atoms with van der Waals surface area (Å²) < 4.78 is 17.4. The van der Waals surface area contributed by atoms with Crippen molar-refractivity contribution in [3.63, 3.8) is 0 Å². The second-order valence-electron chi connectivity index (χ2n) is 6.51. The van der Waals surface area contributed by atoms with Crippen molar-refractivity contribution in [3.8, 4) is 0 Å². The molecule has 1 saturated heterocycles. The number of methoxy groups -OCH3 is 1. The van der Waals surface area contributed by atoms with Gasteiger partial charge >= 0.3 is 5.97 Å². The van der Waals surface area contributed by atoms with Crippen molar-refractivity contribution in [3.05, 3.63) is 41.7 Å². The second kappa shape index (κ2) is 5.73. The van der Waals surface area contributed by atoms with Crippen LogP contribution in [0.1, 0.15) is 24.8 Å². The number of aromatic nitrogens is 1. The first-order valence-corrected chi connectivity index (χ1v) is 8.23. The molecule has 4 rings (SSSR count). The number of carbonyl (C=O) groups excluding carboxylic acids is 1. The van der Waals surface area contributed by atoms with Gasteiger partial charge in [-0.3, -0.25) is 4.98 Å². The Morgan fingerprint density at radius 3 is 3.13 bits per heavy atom. The maximum absolute atomic E-state index is 12.3. The molecule has 0 amide bonds. The second-order valence-corrected chi connectivity index (χ2v) is 6.51. The van der Waals surface area contributed by atoms with Crippen molar-refractivity contribution in [2.24, 2.45) is 5.92 Å². The van der Waals surface area contributed by atoms with Gasteiger partial charge in [-0.05, 0) is 49.3 Å². The Kier molecular flexibility index (Phi) is 3.70. The summed E-state index contributed by atoms with van der Waals surface area (Å²) in [6, 6.07) is 3.96. The van der Waals surface area contributed by atoms with Gasteiger partial charge in [-0.1, -0.05) is 6.07 Å². The van der Waals surface area contributed by atoms with Crippen LogP contribution >= 0.6 is 0 Å². The van der Waals surface area contributed by atoms with Crippen LogP contribution < -0.4 is 0 Å². The van der Waals surface area contributed by atoms with Gasteiger partial charge in [-0.15, -0.1) is 0 Å². The number of hydrogen-bond donors (Lipinski definition) is 0. The Balaban J connectivity index is 1.56. The highest BCUT2D eigenvalue weighted by atomic mass is 16.6. The maximum atomic E-state index is 12.3. The van der Waals surface area contributed by atoms with Crippen molar-refractivity contribution in [2.75, 3.05) is 13.7 Å². The number of carbonyl (C=O) groups is 1. The summed E-state index contributed by atoms with van der Waals surface area (Å²) in [5.74, 6) is 0.0561. The zero-order valence-corrected chi connectivity index (χ0v) is 13.2. The van der Waals surface area contributed by atoms with Gasteiger partial charge in [0.2, 0.25) is 0 Å². The van der Waals surface area contributed by atoms with E-state index in [1.165, 1.54) is 0 Å². The van der Waals surface area contributed by atoms with Crippen LogP contribution in [0.3, 0.4) is 0 Å². The Morgan fingerprint density at radius 1 is 1.43 bits per heavy atom. The fourth-order valence-corrected chi connectivity index (χ4v) is 4.30. The lowest BCUT2D eigenvalue weighted by Crippen LogP contribution is -2.48. The molecule has 1 aromatic rings. The number of hydrogen-bond acceptors (Lipinski definition) is 5. The molecule has 0 spiro atoms. The average molecular weight is 315 g/mol. The van der Waals surface area contributed by atoms with E-state index in [0.717, 1.165) is 31.2 Å². The lowest BCUT2D eigenvalue weighted by Gasteiger charge is -2.38. The first kappa shape index (κ1) is 14.8. The van der Waals surface area contributed by atoms with Crippen molar-refractivity contribution in [2.45, 2.75) is 43.5 Å². The molecular weight excluding hydrogens is 294 g/mol. The van der Waals surface area contributed by atoms with Crippen LogP contribution in [-0.4, -0.2) is 42.5 Å². The molecule has 2 aliphatic carbocycles. The first-order valence-electron chi connectivity index (χ1n) is 8.23. The van der Waals surface area contributed by atoms with Gasteiger partial charge in [0, 0.05) is 19.5 Å². The Hall–Kier alpha value is -1.72. The summed E-state index contributed by atoms with van der Waals surface area (Å²) in [6.45, 7) is 0.560. The van der Waals surface area contributed by atoms with Crippen molar-refractivity contribution < 1.29 is 19.0 Å². The number of rotatable bonds is 5. The standard InChI is InChI=1S/C18H21NO4/c1-21-14-9-13-4-5-16-18(13,15(10-14)17(20)23-16)22-8-6-12-3-2-7-19-11-12/h2-3,7,10-11,13-14,16H,4-6,8-9H2,1H3/t13?,14?,16-,18+/m1/s1. The van der Waals surface area contributed by atoms with Gasteiger partial charge in [0.15, 0.2) is 0 Å². The maximum Gasteiger partial charge on any atom is 0.337 e. The van der Waals surface area contributed by atoms with Gasteiger partial charge in [-0.25, -0.2) is 4.79 Å². The number of nitrogens with zero attached hydrogens (tertiary/aromatic N) is 1. The molecule has 3 aliphatic rings. The molecule has 2 fully saturated rings. The SMILES string of the molecule is COC1C=C2C(=O)O[C@@H]3CCC(C1)[C@]23OCCc1cccnc1. The van der Waals surface area contributed by atoms with Crippen molar-refractivity contribution >= 4 is 5.97 Å². The summed E-state index contributed by atoms with van der Waals surface area (Å²) in [5.41, 5.74) is 1.25. The average Bonchev–Trinajstić information content (AvgIpc) is 3.06. The molecule has 4 atom stereocenters. The smallest absolute Gasteiger partial charge is 0.337 e. The van der Waals surface area contributed by atoms with Gasteiger partial charge in [0.05, 0.1) is 18.3 Å². The molecule has 2 unspecified atom stereocenters. The minimum absolute atomic E-state index is 0.0190. The molecule has 5 nitrogen and oxygen atoms in total. The lowest BCUT2D eigenvalue weighted by atomic mass is 9.75. The molecule has 23 heavy (non-hydrogen) atoms. The summed E-state index contributed by atoms with van der Waals surface area (Å²) >= 11 is 0. The highest BCUT2D eigenvalue weighted by molar-refractivity contribution is 5.94. The van der Waals surface area contributed by atoms with E-state index in [2.05, 4.69) is 4.98 Å². The van der Waals surface area contributed by atoms with Crippen LogP contribution in [-0.2, 0) is 25.4 Å². The summed E-state index contributed by atoms with van der Waals surface area (Å²) in [6.07, 6.45) is 8.93. The van der Waals surface area contributed by atoms with Crippen LogP contribution in [0.5, 0.6) is 0 Å². The predicted octanol–water partition coefficient (Wildman–Crippen LogP) is 2.06. The highest BCUT2D eigenvalue weighted by Crippen LogP contribution is 2.54. The summed E-state index contributed by atoms with van der Waals surface area (Å²) in [4.78, 5) is 16.4. The van der Waals surface area contributed by atoms with Crippen LogP contribution in [0.4, 0.5) is 0 Å². The number of pyridine rings is 1. The zero-order valence-electron chi connectivity index (χ0n) is 13.2. The van der Waals surface area contributed by atoms with Gasteiger partial charge < -0.3 is 14.2 Å². The molecule has 0 N–H and O–H groups in total. The molecule has 0 aromatic carbocycles. The molecule has 5 heteroatoms. The predicted molar refractivity (Wildman–Crippen MR) is 82.7 cm³/mol. The third-order valence-electron chi connectivity index (χ3n) is 5.38. The van der Waals surface area contributed by atoms with Crippen LogP contribution in [0.2, 0.25) is 0 Å².